The molecule has 0 bridgehead atoms. The van der Waals surface area contributed by atoms with Crippen LogP contribution in [-0.4, -0.2) is 36.3 Å². The standard InChI is InChI=1S/C15H18BrNO3/c1-10(18)8-11-4-3-7-17(11)15(19)13-9-12(20-2)5-6-14(13)16/h5-6,9,11H,3-4,7-8H2,1-2H3. The van der Waals surface area contributed by atoms with Gasteiger partial charge in [0.15, 0.2) is 0 Å². The number of Topliss-reactive ketones (excluding diaryl/α,β-unsaturated/α-hetero) is 1. The molecule has 1 atom stereocenters. The van der Waals surface area contributed by atoms with Crippen molar-refractivity contribution in [2.45, 2.75) is 32.2 Å². The van der Waals surface area contributed by atoms with Crippen molar-refractivity contribution < 1.29 is 14.3 Å². The Morgan fingerprint density at radius 2 is 2.20 bits per heavy atom. The average Bonchev–Trinajstić information content (AvgIpc) is 2.86. The van der Waals surface area contributed by atoms with E-state index in [2.05, 4.69) is 15.9 Å². The van der Waals surface area contributed by atoms with Crippen molar-refractivity contribution in [3.05, 3.63) is 28.2 Å². The van der Waals surface area contributed by atoms with Crippen LogP contribution in [0.4, 0.5) is 0 Å². The first-order valence-electron chi connectivity index (χ1n) is 6.67. The molecule has 1 aliphatic rings. The lowest BCUT2D eigenvalue weighted by atomic mass is 10.1. The Morgan fingerprint density at radius 3 is 2.85 bits per heavy atom. The van der Waals surface area contributed by atoms with Crippen LogP contribution in [0.5, 0.6) is 5.75 Å². The van der Waals surface area contributed by atoms with E-state index in [1.165, 1.54) is 0 Å². The molecule has 1 heterocycles. The zero-order valence-electron chi connectivity index (χ0n) is 11.7. The molecule has 1 aromatic carbocycles. The molecule has 1 aromatic rings. The minimum absolute atomic E-state index is 0.0260. The van der Waals surface area contributed by atoms with Gasteiger partial charge in [0.2, 0.25) is 0 Å². The van der Waals surface area contributed by atoms with Crippen molar-refractivity contribution in [2.24, 2.45) is 0 Å². The number of carbonyl (C=O) groups excluding carboxylic acids is 2. The van der Waals surface area contributed by atoms with Crippen molar-refractivity contribution in [1.82, 2.24) is 4.90 Å². The van der Waals surface area contributed by atoms with Gasteiger partial charge in [-0.2, -0.15) is 0 Å². The highest BCUT2D eigenvalue weighted by Crippen LogP contribution is 2.28. The number of hydrogen-bond acceptors (Lipinski definition) is 3. The van der Waals surface area contributed by atoms with Gasteiger partial charge in [0.25, 0.3) is 5.91 Å². The molecule has 1 fully saturated rings. The van der Waals surface area contributed by atoms with Gasteiger partial charge in [-0.25, -0.2) is 0 Å². The zero-order chi connectivity index (χ0) is 14.7. The monoisotopic (exact) mass is 339 g/mol. The van der Waals surface area contributed by atoms with Gasteiger partial charge in [-0.3, -0.25) is 9.59 Å². The highest BCUT2D eigenvalue weighted by atomic mass is 79.9. The SMILES string of the molecule is COc1ccc(Br)c(C(=O)N2CCCC2CC(C)=O)c1. The highest BCUT2D eigenvalue weighted by Gasteiger charge is 2.31. The number of ether oxygens (including phenoxy) is 1. The smallest absolute Gasteiger partial charge is 0.255 e. The van der Waals surface area contributed by atoms with Crippen molar-refractivity contribution in [1.29, 1.82) is 0 Å². The topological polar surface area (TPSA) is 46.6 Å². The van der Waals surface area contributed by atoms with Gasteiger partial charge in [0.1, 0.15) is 11.5 Å². The van der Waals surface area contributed by atoms with E-state index < -0.39 is 0 Å². The van der Waals surface area contributed by atoms with Crippen LogP contribution in [0.15, 0.2) is 22.7 Å². The van der Waals surface area contributed by atoms with Crippen molar-refractivity contribution in [2.75, 3.05) is 13.7 Å². The van der Waals surface area contributed by atoms with Crippen molar-refractivity contribution in [3.8, 4) is 5.75 Å². The molecule has 5 heteroatoms. The van der Waals surface area contributed by atoms with E-state index in [-0.39, 0.29) is 17.7 Å². The van der Waals surface area contributed by atoms with Gasteiger partial charge in [0.05, 0.1) is 12.7 Å². The van der Waals surface area contributed by atoms with E-state index in [0.717, 1.165) is 17.3 Å². The summed E-state index contributed by atoms with van der Waals surface area (Å²) in [6.07, 6.45) is 2.28. The van der Waals surface area contributed by atoms with Crippen LogP contribution < -0.4 is 4.74 Å². The van der Waals surface area contributed by atoms with Crippen LogP contribution in [0.2, 0.25) is 0 Å². The summed E-state index contributed by atoms with van der Waals surface area (Å²) in [5, 5.41) is 0. The molecular formula is C15H18BrNO3. The molecule has 2 rings (SSSR count). The second-order valence-electron chi connectivity index (χ2n) is 5.05. The lowest BCUT2D eigenvalue weighted by Gasteiger charge is -2.24. The number of carbonyl (C=O) groups is 2. The Morgan fingerprint density at radius 1 is 1.45 bits per heavy atom. The van der Waals surface area contributed by atoms with Gasteiger partial charge in [0, 0.05) is 23.5 Å². The fraction of sp³-hybridized carbons (Fsp3) is 0.467. The Kier molecular flexibility index (Phi) is 4.81. The highest BCUT2D eigenvalue weighted by molar-refractivity contribution is 9.10. The number of likely N-dealkylation sites (tertiary alicyclic amines) is 1. The zero-order valence-corrected chi connectivity index (χ0v) is 13.3. The van der Waals surface area contributed by atoms with Crippen LogP contribution in [-0.2, 0) is 4.79 Å². The Labute approximate surface area is 127 Å². The lowest BCUT2D eigenvalue weighted by Crippen LogP contribution is -2.36. The number of nitrogens with zero attached hydrogens (tertiary/aromatic N) is 1. The van der Waals surface area contributed by atoms with Gasteiger partial charge in [-0.1, -0.05) is 0 Å². The molecular weight excluding hydrogens is 322 g/mol. The number of benzene rings is 1. The molecule has 1 saturated heterocycles. The quantitative estimate of drug-likeness (QED) is 0.846. The molecule has 108 valence electrons. The van der Waals surface area contributed by atoms with Crippen molar-refractivity contribution >= 4 is 27.6 Å². The molecule has 0 spiro atoms. The van der Waals surface area contributed by atoms with E-state index in [9.17, 15) is 9.59 Å². The summed E-state index contributed by atoms with van der Waals surface area (Å²) in [6, 6.07) is 5.37. The number of methoxy groups -OCH3 is 1. The predicted octanol–water partition coefficient (Wildman–Crippen LogP) is 3.04. The second kappa shape index (κ2) is 6.39. The Bertz CT molecular complexity index is 530. The van der Waals surface area contributed by atoms with Gasteiger partial charge in [-0.15, -0.1) is 0 Å². The second-order valence-corrected chi connectivity index (χ2v) is 5.90. The van der Waals surface area contributed by atoms with Crippen molar-refractivity contribution in [3.63, 3.8) is 0 Å². The maximum atomic E-state index is 12.7. The van der Waals surface area contributed by atoms with Crippen LogP contribution in [0.3, 0.4) is 0 Å². The third kappa shape index (κ3) is 3.20. The van der Waals surface area contributed by atoms with E-state index in [1.54, 1.807) is 31.1 Å². The van der Waals surface area contributed by atoms with E-state index in [4.69, 9.17) is 4.74 Å². The molecule has 4 nitrogen and oxygen atoms in total. The molecule has 1 aliphatic heterocycles. The number of hydrogen-bond donors (Lipinski definition) is 0. The number of rotatable bonds is 4. The third-order valence-corrected chi connectivity index (χ3v) is 4.26. The normalized spacial score (nSPS) is 18.1. The minimum Gasteiger partial charge on any atom is -0.497 e. The number of halogens is 1. The van der Waals surface area contributed by atoms with E-state index in [0.29, 0.717) is 24.3 Å². The number of ketones is 1. The summed E-state index contributed by atoms with van der Waals surface area (Å²) < 4.78 is 5.92. The first kappa shape index (κ1) is 15.0. The summed E-state index contributed by atoms with van der Waals surface area (Å²) in [4.78, 5) is 25.8. The molecule has 0 radical (unpaired) electrons. The summed E-state index contributed by atoms with van der Waals surface area (Å²) in [5.41, 5.74) is 0.583. The van der Waals surface area contributed by atoms with Gasteiger partial charge in [-0.05, 0) is 53.9 Å². The van der Waals surface area contributed by atoms with E-state index in [1.807, 2.05) is 6.07 Å². The fourth-order valence-electron chi connectivity index (χ4n) is 2.60. The van der Waals surface area contributed by atoms with Crippen LogP contribution >= 0.6 is 15.9 Å². The molecule has 0 N–H and O–H groups in total. The first-order valence-corrected chi connectivity index (χ1v) is 7.46. The average molecular weight is 340 g/mol. The summed E-state index contributed by atoms with van der Waals surface area (Å²) in [7, 11) is 1.58. The molecule has 0 aliphatic carbocycles. The molecule has 1 unspecified atom stereocenters. The van der Waals surface area contributed by atoms with Crippen LogP contribution in [0, 0.1) is 0 Å². The van der Waals surface area contributed by atoms with Gasteiger partial charge < -0.3 is 9.64 Å². The summed E-state index contributed by atoms with van der Waals surface area (Å²) >= 11 is 3.41. The summed E-state index contributed by atoms with van der Waals surface area (Å²) in [6.45, 7) is 2.28. The molecule has 1 amide bonds. The fourth-order valence-corrected chi connectivity index (χ4v) is 3.01. The Balaban J connectivity index is 2.24. The third-order valence-electron chi connectivity index (χ3n) is 3.57. The van der Waals surface area contributed by atoms with E-state index >= 15 is 0 Å². The molecule has 0 aromatic heterocycles. The van der Waals surface area contributed by atoms with Crippen LogP contribution in [0.25, 0.3) is 0 Å². The molecule has 20 heavy (non-hydrogen) atoms. The number of amides is 1. The predicted molar refractivity (Wildman–Crippen MR) is 80.1 cm³/mol. The van der Waals surface area contributed by atoms with Crippen LogP contribution in [0.1, 0.15) is 36.5 Å². The van der Waals surface area contributed by atoms with Gasteiger partial charge >= 0.3 is 0 Å². The molecule has 0 saturated carbocycles. The Hall–Kier alpha value is -1.36. The maximum Gasteiger partial charge on any atom is 0.255 e. The maximum absolute atomic E-state index is 12.7. The first-order chi connectivity index (χ1) is 9.52. The largest absolute Gasteiger partial charge is 0.497 e. The lowest BCUT2D eigenvalue weighted by molar-refractivity contribution is -0.117. The minimum atomic E-state index is -0.0421. The summed E-state index contributed by atoms with van der Waals surface area (Å²) in [5.74, 6) is 0.734.